The predicted octanol–water partition coefficient (Wildman–Crippen LogP) is 3.28. The van der Waals surface area contributed by atoms with Gasteiger partial charge in [0.2, 0.25) is 5.88 Å². The van der Waals surface area contributed by atoms with Crippen LogP contribution in [0.3, 0.4) is 0 Å². The molecule has 3 aliphatic rings. The third kappa shape index (κ3) is 4.74. The van der Waals surface area contributed by atoms with E-state index in [1.807, 2.05) is 4.90 Å². The highest BCUT2D eigenvalue weighted by molar-refractivity contribution is 5.97. The van der Waals surface area contributed by atoms with E-state index in [4.69, 9.17) is 15.2 Å². The number of ether oxygens (including phenoxy) is 2. The van der Waals surface area contributed by atoms with E-state index in [-0.39, 0.29) is 73.8 Å². The summed E-state index contributed by atoms with van der Waals surface area (Å²) in [5, 5.41) is 9.68. The zero-order valence-electron chi connectivity index (χ0n) is 22.1. The van der Waals surface area contributed by atoms with Crippen molar-refractivity contribution in [2.24, 2.45) is 0 Å². The summed E-state index contributed by atoms with van der Waals surface area (Å²) < 4.78 is 84.7. The fraction of sp³-hybridized carbons (Fsp3) is 0.538. The Labute approximate surface area is 231 Å². The van der Waals surface area contributed by atoms with Crippen LogP contribution in [-0.4, -0.2) is 87.7 Å². The third-order valence-electron chi connectivity index (χ3n) is 7.97. The van der Waals surface area contributed by atoms with Crippen LogP contribution in [0.1, 0.15) is 30.5 Å². The monoisotopic (exact) mass is 581 g/mol. The first-order valence-electron chi connectivity index (χ1n) is 13.3. The number of nitrogen functional groups attached to an aromatic ring is 1. The molecule has 15 heteroatoms. The summed E-state index contributed by atoms with van der Waals surface area (Å²) in [4.78, 5) is 20.3. The van der Waals surface area contributed by atoms with E-state index in [1.54, 1.807) is 4.90 Å². The highest BCUT2D eigenvalue weighted by atomic mass is 19.4. The van der Waals surface area contributed by atoms with Gasteiger partial charge in [0, 0.05) is 25.1 Å². The van der Waals surface area contributed by atoms with Gasteiger partial charge in [-0.15, -0.1) is 0 Å². The Bertz CT molecular complexity index is 1510. The third-order valence-corrected chi connectivity index (χ3v) is 7.97. The molecule has 0 radical (unpaired) electrons. The maximum absolute atomic E-state index is 16.3. The maximum Gasteiger partial charge on any atom is 0.418 e. The van der Waals surface area contributed by atoms with E-state index >= 15 is 4.39 Å². The first-order valence-corrected chi connectivity index (χ1v) is 13.3. The van der Waals surface area contributed by atoms with Crippen molar-refractivity contribution in [3.63, 3.8) is 0 Å². The van der Waals surface area contributed by atoms with Crippen LogP contribution in [0.25, 0.3) is 22.2 Å². The highest BCUT2D eigenvalue weighted by Crippen LogP contribution is 2.44. The lowest BCUT2D eigenvalue weighted by Gasteiger charge is -2.31. The molecule has 6 rings (SSSR count). The molecule has 0 bridgehead atoms. The van der Waals surface area contributed by atoms with Crippen LogP contribution in [0, 0.1) is 12.7 Å². The fourth-order valence-corrected chi connectivity index (χ4v) is 6.27. The summed E-state index contributed by atoms with van der Waals surface area (Å²) in [5.74, 6) is -1.42. The van der Waals surface area contributed by atoms with Crippen molar-refractivity contribution in [3.05, 3.63) is 23.1 Å². The van der Waals surface area contributed by atoms with Gasteiger partial charge in [-0.1, -0.05) is 0 Å². The van der Waals surface area contributed by atoms with E-state index < -0.39 is 46.2 Å². The van der Waals surface area contributed by atoms with Crippen LogP contribution in [0.15, 0.2) is 6.07 Å². The number of fused-ring (bicyclic) bond motifs is 1. The zero-order chi connectivity index (χ0) is 29.1. The van der Waals surface area contributed by atoms with Gasteiger partial charge in [-0.3, -0.25) is 4.90 Å². The number of β-amino-alcohol motifs (C(OH)–C–C–N with tert-alkyl or cyclic N) is 1. The molecule has 0 amide bonds. The molecule has 3 aromatic heterocycles. The van der Waals surface area contributed by atoms with Crippen molar-refractivity contribution in [3.8, 4) is 23.1 Å². The molecule has 2 fully saturated rings. The van der Waals surface area contributed by atoms with Crippen molar-refractivity contribution in [2.45, 2.75) is 44.1 Å². The average molecular weight is 582 g/mol. The van der Waals surface area contributed by atoms with Gasteiger partial charge in [0.15, 0.2) is 5.82 Å². The number of hydrogen-bond acceptors (Lipinski definition) is 10. The second kappa shape index (κ2) is 10.0. The van der Waals surface area contributed by atoms with Crippen LogP contribution in [0.2, 0.25) is 0 Å². The molecule has 3 aromatic rings. The minimum Gasteiger partial charge on any atom is -0.475 e. The summed E-state index contributed by atoms with van der Waals surface area (Å²) in [6, 6.07) is 0.680. The standard InChI is InChI=1S/C26H28F5N7O3/c1-13-18(26(29,30)31)15(9-16(32)33-13)20-19(28)21-17-22(37(5-7-39)6-8-40-23(17)34-20)36-24(35-21)41-12-25-3-2-4-38(25)11-14(27)10-25/h9,14,39H,2-8,10-12H2,1H3,(H2,32,33)/t14-,25+/m1/s1. The minimum atomic E-state index is -4.89. The first-order chi connectivity index (χ1) is 19.5. The Morgan fingerprint density at radius 2 is 2.02 bits per heavy atom. The average Bonchev–Trinajstić information content (AvgIpc) is 3.36. The van der Waals surface area contributed by atoms with Gasteiger partial charge in [-0.05, 0) is 32.4 Å². The van der Waals surface area contributed by atoms with Crippen LogP contribution < -0.4 is 20.1 Å². The quantitative estimate of drug-likeness (QED) is 0.420. The summed E-state index contributed by atoms with van der Waals surface area (Å²) in [7, 11) is 0. The van der Waals surface area contributed by atoms with E-state index in [0.29, 0.717) is 13.0 Å². The van der Waals surface area contributed by atoms with Crippen molar-refractivity contribution in [2.75, 3.05) is 56.6 Å². The second-order valence-corrected chi connectivity index (χ2v) is 10.6. The summed E-state index contributed by atoms with van der Waals surface area (Å²) >= 11 is 0. The summed E-state index contributed by atoms with van der Waals surface area (Å²) in [6.45, 7) is 2.32. The number of aliphatic hydroxyl groups excluding tert-OH is 1. The molecule has 0 saturated carbocycles. The van der Waals surface area contributed by atoms with Crippen molar-refractivity contribution < 1.29 is 36.5 Å². The number of halogens is 5. The number of rotatable bonds is 6. The van der Waals surface area contributed by atoms with Crippen LogP contribution in [0.4, 0.5) is 33.6 Å². The normalized spacial score (nSPS) is 22.6. The number of hydrogen-bond donors (Lipinski definition) is 2. The van der Waals surface area contributed by atoms with Crippen molar-refractivity contribution >= 4 is 22.5 Å². The lowest BCUT2D eigenvalue weighted by molar-refractivity contribution is -0.137. The van der Waals surface area contributed by atoms with Gasteiger partial charge in [0.05, 0.1) is 29.9 Å². The lowest BCUT2D eigenvalue weighted by Crippen LogP contribution is -2.43. The topological polar surface area (TPSA) is 123 Å². The molecule has 10 nitrogen and oxygen atoms in total. The molecule has 220 valence electrons. The summed E-state index contributed by atoms with van der Waals surface area (Å²) in [5.41, 5.74) is 1.95. The molecule has 0 aliphatic carbocycles. The summed E-state index contributed by atoms with van der Waals surface area (Å²) in [6.07, 6.45) is -4.00. The molecule has 6 heterocycles. The van der Waals surface area contributed by atoms with Crippen molar-refractivity contribution in [1.29, 1.82) is 0 Å². The fourth-order valence-electron chi connectivity index (χ4n) is 6.27. The number of nitrogens with zero attached hydrogens (tertiary/aromatic N) is 6. The molecule has 0 aromatic carbocycles. The molecular weight excluding hydrogens is 553 g/mol. The molecule has 3 aliphatic heterocycles. The number of nitrogens with two attached hydrogens (primary N) is 1. The minimum absolute atomic E-state index is 0.0271. The Morgan fingerprint density at radius 3 is 2.78 bits per heavy atom. The predicted molar refractivity (Wildman–Crippen MR) is 138 cm³/mol. The van der Waals surface area contributed by atoms with E-state index in [0.717, 1.165) is 26.0 Å². The second-order valence-electron chi connectivity index (χ2n) is 10.6. The van der Waals surface area contributed by atoms with E-state index in [1.165, 1.54) is 0 Å². The van der Waals surface area contributed by atoms with Gasteiger partial charge in [-0.25, -0.2) is 18.7 Å². The Hall–Kier alpha value is -3.59. The SMILES string of the molecule is Cc1nc(N)cc(-c2nc3c4c(nc(OC[C@@]56CCCN5C[C@H](F)C6)nc4c2F)N(CCO)CCO3)c1C(F)(F)F. The van der Waals surface area contributed by atoms with Crippen LogP contribution >= 0.6 is 0 Å². The molecular formula is C26H28F5N7O3. The number of alkyl halides is 4. The number of aliphatic hydroxyl groups is 1. The van der Waals surface area contributed by atoms with Crippen LogP contribution in [-0.2, 0) is 6.18 Å². The van der Waals surface area contributed by atoms with Crippen molar-refractivity contribution in [1.82, 2.24) is 24.8 Å². The Balaban J connectivity index is 1.53. The molecule has 3 N–H and O–H groups in total. The molecule has 2 atom stereocenters. The van der Waals surface area contributed by atoms with Gasteiger partial charge in [0.1, 0.15) is 47.6 Å². The van der Waals surface area contributed by atoms with Gasteiger partial charge < -0.3 is 25.2 Å². The molecule has 0 unspecified atom stereocenters. The highest BCUT2D eigenvalue weighted by Gasteiger charge is 2.49. The Morgan fingerprint density at radius 1 is 1.22 bits per heavy atom. The Kier molecular flexibility index (Phi) is 6.76. The van der Waals surface area contributed by atoms with E-state index in [9.17, 15) is 22.7 Å². The number of aryl methyl sites for hydroxylation is 1. The lowest BCUT2D eigenvalue weighted by atomic mass is 9.95. The van der Waals surface area contributed by atoms with Gasteiger partial charge >= 0.3 is 12.2 Å². The maximum atomic E-state index is 16.3. The zero-order valence-corrected chi connectivity index (χ0v) is 22.1. The largest absolute Gasteiger partial charge is 0.475 e. The van der Waals surface area contributed by atoms with E-state index in [2.05, 4.69) is 19.9 Å². The number of pyridine rings is 2. The van der Waals surface area contributed by atoms with Crippen LogP contribution in [0.5, 0.6) is 11.9 Å². The number of aromatic nitrogens is 4. The van der Waals surface area contributed by atoms with Gasteiger partial charge in [-0.2, -0.15) is 23.1 Å². The smallest absolute Gasteiger partial charge is 0.418 e. The number of anilines is 2. The van der Waals surface area contributed by atoms with Gasteiger partial charge in [0.25, 0.3) is 0 Å². The molecule has 41 heavy (non-hydrogen) atoms. The molecule has 2 saturated heterocycles. The first kappa shape index (κ1) is 27.6. The molecule has 0 spiro atoms.